The van der Waals surface area contributed by atoms with Gasteiger partial charge in [-0.3, -0.25) is 20.4 Å². The molecule has 2 rings (SSSR count). The zero-order valence-corrected chi connectivity index (χ0v) is 10.8. The van der Waals surface area contributed by atoms with E-state index in [-0.39, 0.29) is 17.0 Å². The van der Waals surface area contributed by atoms with Gasteiger partial charge in [0, 0.05) is 10.9 Å². The number of carbonyl (C=O) groups is 2. The molecule has 0 aliphatic rings. The molecule has 0 saturated carbocycles. The van der Waals surface area contributed by atoms with Crippen LogP contribution >= 0.6 is 11.3 Å². The summed E-state index contributed by atoms with van der Waals surface area (Å²) in [5.74, 6) is -1.02. The summed E-state index contributed by atoms with van der Waals surface area (Å²) in [6, 6.07) is 5.81. The number of benzene rings is 1. The first-order valence-electron chi connectivity index (χ1n) is 5.38. The monoisotopic (exact) mass is 277 g/mol. The van der Waals surface area contributed by atoms with E-state index in [9.17, 15) is 14.7 Å². The number of hydrogen-bond acceptors (Lipinski definition) is 5. The number of phenols is 1. The average Bonchev–Trinajstić information content (AvgIpc) is 2.82. The van der Waals surface area contributed by atoms with Crippen LogP contribution in [-0.4, -0.2) is 21.9 Å². The SMILES string of the molecule is Cc1nc(C(=O)NNC(=O)c2cccc(O)c2)cs1. The van der Waals surface area contributed by atoms with Crippen molar-refractivity contribution in [3.63, 3.8) is 0 Å². The number of rotatable bonds is 2. The largest absolute Gasteiger partial charge is 0.508 e. The molecule has 0 bridgehead atoms. The van der Waals surface area contributed by atoms with Crippen molar-refractivity contribution < 1.29 is 14.7 Å². The van der Waals surface area contributed by atoms with Gasteiger partial charge in [-0.2, -0.15) is 0 Å². The third-order valence-corrected chi connectivity index (χ3v) is 3.02. The van der Waals surface area contributed by atoms with Crippen molar-refractivity contribution >= 4 is 23.2 Å². The Labute approximate surface area is 113 Å². The van der Waals surface area contributed by atoms with Crippen LogP contribution in [0.25, 0.3) is 0 Å². The Hall–Kier alpha value is -2.41. The lowest BCUT2D eigenvalue weighted by Crippen LogP contribution is -2.41. The van der Waals surface area contributed by atoms with Crippen LogP contribution in [-0.2, 0) is 0 Å². The predicted molar refractivity (Wildman–Crippen MR) is 69.9 cm³/mol. The highest BCUT2D eigenvalue weighted by Crippen LogP contribution is 2.10. The van der Waals surface area contributed by atoms with Gasteiger partial charge in [-0.1, -0.05) is 6.07 Å². The minimum atomic E-state index is -0.517. The lowest BCUT2D eigenvalue weighted by Gasteiger charge is -2.06. The van der Waals surface area contributed by atoms with Crippen LogP contribution in [0.1, 0.15) is 25.9 Å². The molecule has 0 saturated heterocycles. The highest BCUT2D eigenvalue weighted by molar-refractivity contribution is 7.09. The summed E-state index contributed by atoms with van der Waals surface area (Å²) < 4.78 is 0. The van der Waals surface area contributed by atoms with Crippen molar-refractivity contribution in [3.8, 4) is 5.75 Å². The molecule has 1 heterocycles. The number of aryl methyl sites for hydroxylation is 1. The molecule has 0 spiro atoms. The second-order valence-electron chi connectivity index (χ2n) is 3.71. The van der Waals surface area contributed by atoms with Gasteiger partial charge in [0.15, 0.2) is 0 Å². The molecule has 3 N–H and O–H groups in total. The van der Waals surface area contributed by atoms with Crippen LogP contribution in [0.15, 0.2) is 29.6 Å². The number of aromatic hydroxyl groups is 1. The molecule has 6 nitrogen and oxygen atoms in total. The molecule has 1 aromatic carbocycles. The number of carbonyl (C=O) groups excluding carboxylic acids is 2. The molecule has 0 unspecified atom stereocenters. The molecule has 19 heavy (non-hydrogen) atoms. The molecule has 2 amide bonds. The molecule has 0 aliphatic heterocycles. The smallest absolute Gasteiger partial charge is 0.289 e. The Kier molecular flexibility index (Phi) is 3.76. The first-order chi connectivity index (χ1) is 9.06. The third kappa shape index (κ3) is 3.29. The van der Waals surface area contributed by atoms with Gasteiger partial charge in [0.2, 0.25) is 0 Å². The number of nitrogens with zero attached hydrogens (tertiary/aromatic N) is 1. The first-order valence-corrected chi connectivity index (χ1v) is 6.26. The maximum Gasteiger partial charge on any atom is 0.289 e. The number of hydrogen-bond donors (Lipinski definition) is 3. The van der Waals surface area contributed by atoms with E-state index in [1.54, 1.807) is 12.3 Å². The summed E-state index contributed by atoms with van der Waals surface area (Å²) >= 11 is 1.35. The maximum atomic E-state index is 11.7. The fourth-order valence-electron chi connectivity index (χ4n) is 1.36. The van der Waals surface area contributed by atoms with Crippen LogP contribution in [0, 0.1) is 6.92 Å². The number of phenolic OH excluding ortho intramolecular Hbond substituents is 1. The van der Waals surface area contributed by atoms with Gasteiger partial charge < -0.3 is 5.11 Å². The molecule has 1 aromatic heterocycles. The maximum absolute atomic E-state index is 11.7. The predicted octanol–water partition coefficient (Wildman–Crippen LogP) is 1.23. The van der Waals surface area contributed by atoms with Crippen molar-refractivity contribution in [1.82, 2.24) is 15.8 Å². The first kappa shape index (κ1) is 13.0. The third-order valence-electron chi connectivity index (χ3n) is 2.25. The van der Waals surface area contributed by atoms with Crippen molar-refractivity contribution in [2.24, 2.45) is 0 Å². The van der Waals surface area contributed by atoms with Gasteiger partial charge in [-0.25, -0.2) is 4.98 Å². The van der Waals surface area contributed by atoms with Crippen LogP contribution in [0.3, 0.4) is 0 Å². The van der Waals surface area contributed by atoms with Crippen LogP contribution < -0.4 is 10.9 Å². The zero-order valence-electron chi connectivity index (χ0n) is 10.0. The van der Waals surface area contributed by atoms with Crippen LogP contribution in [0.4, 0.5) is 0 Å². The van der Waals surface area contributed by atoms with Crippen molar-refractivity contribution in [1.29, 1.82) is 0 Å². The molecule has 0 aliphatic carbocycles. The van der Waals surface area contributed by atoms with Gasteiger partial charge >= 0.3 is 0 Å². The van der Waals surface area contributed by atoms with E-state index in [1.807, 2.05) is 0 Å². The van der Waals surface area contributed by atoms with Crippen molar-refractivity contribution in [2.75, 3.05) is 0 Å². The zero-order chi connectivity index (χ0) is 13.8. The summed E-state index contributed by atoms with van der Waals surface area (Å²) in [6.07, 6.45) is 0. The van der Waals surface area contributed by atoms with E-state index < -0.39 is 11.8 Å². The summed E-state index contributed by atoms with van der Waals surface area (Å²) in [7, 11) is 0. The molecule has 0 atom stereocenters. The molecule has 0 radical (unpaired) electrons. The van der Waals surface area contributed by atoms with Gasteiger partial charge in [-0.05, 0) is 25.1 Å². The highest BCUT2D eigenvalue weighted by Gasteiger charge is 2.11. The lowest BCUT2D eigenvalue weighted by atomic mass is 10.2. The van der Waals surface area contributed by atoms with Crippen LogP contribution in [0.5, 0.6) is 5.75 Å². The minimum absolute atomic E-state index is 0.0193. The molecule has 2 aromatic rings. The number of aromatic nitrogens is 1. The summed E-state index contributed by atoms with van der Waals surface area (Å²) in [5, 5.41) is 11.6. The summed E-state index contributed by atoms with van der Waals surface area (Å²) in [5.41, 5.74) is 5.00. The molecule has 7 heteroatoms. The van der Waals surface area contributed by atoms with Crippen molar-refractivity contribution in [2.45, 2.75) is 6.92 Å². The van der Waals surface area contributed by atoms with E-state index in [1.165, 1.54) is 35.6 Å². The fourth-order valence-corrected chi connectivity index (χ4v) is 1.96. The van der Waals surface area contributed by atoms with E-state index >= 15 is 0 Å². The van der Waals surface area contributed by atoms with Crippen LogP contribution in [0.2, 0.25) is 0 Å². The van der Waals surface area contributed by atoms with Crippen molar-refractivity contribution in [3.05, 3.63) is 45.9 Å². The molecule has 98 valence electrons. The Morgan fingerprint density at radius 2 is 2.00 bits per heavy atom. The van der Waals surface area contributed by atoms with Gasteiger partial charge in [-0.15, -0.1) is 11.3 Å². The quantitative estimate of drug-likeness (QED) is 0.720. The molecular formula is C12H11N3O3S. The lowest BCUT2D eigenvalue weighted by molar-refractivity contribution is 0.0844. The topological polar surface area (TPSA) is 91.3 Å². The van der Waals surface area contributed by atoms with Gasteiger partial charge in [0.05, 0.1) is 5.01 Å². The number of hydrazine groups is 1. The number of amides is 2. The molecule has 0 fully saturated rings. The van der Waals surface area contributed by atoms with E-state index in [4.69, 9.17) is 0 Å². The fraction of sp³-hybridized carbons (Fsp3) is 0.0833. The summed E-state index contributed by atoms with van der Waals surface area (Å²) in [4.78, 5) is 27.3. The second kappa shape index (κ2) is 5.49. The minimum Gasteiger partial charge on any atom is -0.508 e. The van der Waals surface area contributed by atoms with Gasteiger partial charge in [0.1, 0.15) is 11.4 Å². The normalized spacial score (nSPS) is 9.95. The number of thiazole rings is 1. The van der Waals surface area contributed by atoms with E-state index in [0.717, 1.165) is 5.01 Å². The Balaban J connectivity index is 1.95. The van der Waals surface area contributed by atoms with E-state index in [0.29, 0.717) is 0 Å². The highest BCUT2D eigenvalue weighted by atomic mass is 32.1. The summed E-state index contributed by atoms with van der Waals surface area (Å²) in [6.45, 7) is 1.78. The Morgan fingerprint density at radius 1 is 1.26 bits per heavy atom. The second-order valence-corrected chi connectivity index (χ2v) is 4.77. The number of nitrogens with one attached hydrogen (secondary N) is 2. The van der Waals surface area contributed by atoms with Gasteiger partial charge in [0.25, 0.3) is 11.8 Å². The standard InChI is InChI=1S/C12H11N3O3S/c1-7-13-10(6-19-7)12(18)15-14-11(17)8-3-2-4-9(16)5-8/h2-6,16H,1H3,(H,14,17)(H,15,18). The molecular weight excluding hydrogens is 266 g/mol. The van der Waals surface area contributed by atoms with E-state index in [2.05, 4.69) is 15.8 Å². The Morgan fingerprint density at radius 3 is 2.63 bits per heavy atom. The average molecular weight is 277 g/mol. The Bertz CT molecular complexity index is 624.